The number of alkyl halides is 3. The standard InChI is InChI=1S/C18H13F4N3O2S/c19-11-1-3-12(4-2-11)23-16(26)9-14-10-28-17(25-14)24-13-5-7-15(8-6-13)27-18(20,21)22/h1-8,10H,9H2,(H,23,26)(H,24,25). The van der Waals surface area contributed by atoms with Gasteiger partial charge in [-0.3, -0.25) is 4.79 Å². The maximum absolute atomic E-state index is 12.9. The van der Waals surface area contributed by atoms with Crippen molar-refractivity contribution >= 4 is 33.8 Å². The molecular weight excluding hydrogens is 398 g/mol. The van der Waals surface area contributed by atoms with Crippen molar-refractivity contribution in [3.63, 3.8) is 0 Å². The average molecular weight is 411 g/mol. The number of rotatable bonds is 6. The minimum Gasteiger partial charge on any atom is -0.406 e. The Kier molecular flexibility index (Phi) is 5.78. The van der Waals surface area contributed by atoms with Crippen molar-refractivity contribution in [3.05, 3.63) is 65.4 Å². The van der Waals surface area contributed by atoms with Gasteiger partial charge in [-0.15, -0.1) is 24.5 Å². The summed E-state index contributed by atoms with van der Waals surface area (Å²) in [5, 5.41) is 7.74. The van der Waals surface area contributed by atoms with E-state index in [1.54, 1.807) is 5.38 Å². The van der Waals surface area contributed by atoms with Gasteiger partial charge in [-0.2, -0.15) is 0 Å². The van der Waals surface area contributed by atoms with Crippen molar-refractivity contribution in [2.45, 2.75) is 12.8 Å². The molecule has 0 aliphatic heterocycles. The number of benzene rings is 2. The van der Waals surface area contributed by atoms with E-state index in [2.05, 4.69) is 20.4 Å². The van der Waals surface area contributed by atoms with Crippen LogP contribution >= 0.6 is 11.3 Å². The van der Waals surface area contributed by atoms with E-state index >= 15 is 0 Å². The molecule has 0 aliphatic rings. The molecule has 0 atom stereocenters. The monoisotopic (exact) mass is 411 g/mol. The maximum atomic E-state index is 12.9. The average Bonchev–Trinajstić information content (AvgIpc) is 3.04. The SMILES string of the molecule is O=C(Cc1csc(Nc2ccc(OC(F)(F)F)cc2)n1)Nc1ccc(F)cc1. The first-order valence-corrected chi connectivity index (χ1v) is 8.77. The summed E-state index contributed by atoms with van der Waals surface area (Å²) in [6.07, 6.45) is -4.72. The third-order valence-corrected chi connectivity index (χ3v) is 4.17. The van der Waals surface area contributed by atoms with Crippen molar-refractivity contribution in [3.8, 4) is 5.75 Å². The first-order chi connectivity index (χ1) is 13.3. The summed E-state index contributed by atoms with van der Waals surface area (Å²) in [4.78, 5) is 16.3. The second kappa shape index (κ2) is 8.26. The molecule has 0 aliphatic carbocycles. The lowest BCUT2D eigenvalue weighted by Gasteiger charge is -2.09. The number of nitrogens with one attached hydrogen (secondary N) is 2. The number of thiazole rings is 1. The fourth-order valence-corrected chi connectivity index (χ4v) is 2.94. The molecule has 3 rings (SSSR count). The highest BCUT2D eigenvalue weighted by Crippen LogP contribution is 2.26. The van der Waals surface area contributed by atoms with E-state index in [4.69, 9.17) is 0 Å². The Bertz CT molecular complexity index is 941. The minimum absolute atomic E-state index is 0.0217. The molecule has 0 bridgehead atoms. The van der Waals surface area contributed by atoms with Crippen LogP contribution in [0.25, 0.3) is 0 Å². The van der Waals surface area contributed by atoms with Gasteiger partial charge in [-0.25, -0.2) is 9.37 Å². The number of ether oxygens (including phenoxy) is 1. The summed E-state index contributed by atoms with van der Waals surface area (Å²) < 4.78 is 53.1. The molecule has 2 aromatic carbocycles. The molecule has 0 fully saturated rings. The van der Waals surface area contributed by atoms with Gasteiger partial charge in [0.15, 0.2) is 5.13 Å². The molecule has 0 unspecified atom stereocenters. The molecule has 146 valence electrons. The molecule has 28 heavy (non-hydrogen) atoms. The lowest BCUT2D eigenvalue weighted by Crippen LogP contribution is -2.16. The number of hydrogen-bond acceptors (Lipinski definition) is 5. The van der Waals surface area contributed by atoms with Crippen LogP contribution in [-0.4, -0.2) is 17.3 Å². The van der Waals surface area contributed by atoms with Gasteiger partial charge in [-0.05, 0) is 48.5 Å². The topological polar surface area (TPSA) is 63.2 Å². The second-order valence-corrected chi connectivity index (χ2v) is 6.43. The van der Waals surface area contributed by atoms with Crippen molar-refractivity contribution in [2.24, 2.45) is 0 Å². The van der Waals surface area contributed by atoms with Crippen LogP contribution in [0.1, 0.15) is 5.69 Å². The maximum Gasteiger partial charge on any atom is 0.573 e. The summed E-state index contributed by atoms with van der Waals surface area (Å²) >= 11 is 1.25. The summed E-state index contributed by atoms with van der Waals surface area (Å²) in [6.45, 7) is 0. The summed E-state index contributed by atoms with van der Waals surface area (Å²) in [6, 6.07) is 10.6. The van der Waals surface area contributed by atoms with Gasteiger partial charge in [0, 0.05) is 16.8 Å². The van der Waals surface area contributed by atoms with Gasteiger partial charge in [0.1, 0.15) is 11.6 Å². The molecule has 1 amide bonds. The zero-order chi connectivity index (χ0) is 20.1. The van der Waals surface area contributed by atoms with E-state index in [1.165, 1.54) is 59.9 Å². The Labute approximate surface area is 161 Å². The molecule has 3 aromatic rings. The Balaban J connectivity index is 1.55. The Morgan fingerprint density at radius 3 is 2.32 bits per heavy atom. The number of hydrogen-bond donors (Lipinski definition) is 2. The highest BCUT2D eigenvalue weighted by molar-refractivity contribution is 7.13. The first-order valence-electron chi connectivity index (χ1n) is 7.89. The molecule has 0 saturated heterocycles. The number of aromatic nitrogens is 1. The number of carbonyl (C=O) groups is 1. The third-order valence-electron chi connectivity index (χ3n) is 3.36. The Hall–Kier alpha value is -3.14. The van der Waals surface area contributed by atoms with E-state index in [9.17, 15) is 22.4 Å². The second-order valence-electron chi connectivity index (χ2n) is 5.57. The van der Waals surface area contributed by atoms with Crippen LogP contribution in [0, 0.1) is 5.82 Å². The van der Waals surface area contributed by atoms with Crippen LogP contribution in [-0.2, 0) is 11.2 Å². The van der Waals surface area contributed by atoms with E-state index in [0.717, 1.165) is 0 Å². The van der Waals surface area contributed by atoms with E-state index in [-0.39, 0.29) is 18.1 Å². The number of nitrogens with zero attached hydrogens (tertiary/aromatic N) is 1. The molecule has 0 saturated carbocycles. The van der Waals surface area contributed by atoms with Crippen LogP contribution in [0.5, 0.6) is 5.75 Å². The fourth-order valence-electron chi connectivity index (χ4n) is 2.21. The molecule has 0 spiro atoms. The fraction of sp³-hybridized carbons (Fsp3) is 0.111. The van der Waals surface area contributed by atoms with Crippen LogP contribution in [0.3, 0.4) is 0 Å². The highest BCUT2D eigenvalue weighted by atomic mass is 32.1. The zero-order valence-electron chi connectivity index (χ0n) is 14.1. The number of anilines is 3. The van der Waals surface area contributed by atoms with Crippen LogP contribution < -0.4 is 15.4 Å². The van der Waals surface area contributed by atoms with Crippen molar-refractivity contribution in [1.29, 1.82) is 0 Å². The summed E-state index contributed by atoms with van der Waals surface area (Å²) in [7, 11) is 0. The van der Waals surface area contributed by atoms with Gasteiger partial charge >= 0.3 is 6.36 Å². The Morgan fingerprint density at radius 1 is 1.04 bits per heavy atom. The minimum atomic E-state index is -4.74. The normalized spacial score (nSPS) is 11.1. The lowest BCUT2D eigenvalue weighted by molar-refractivity contribution is -0.274. The van der Waals surface area contributed by atoms with Gasteiger partial charge in [-0.1, -0.05) is 0 Å². The van der Waals surface area contributed by atoms with E-state index < -0.39 is 12.2 Å². The molecule has 10 heteroatoms. The molecule has 1 aromatic heterocycles. The predicted molar refractivity (Wildman–Crippen MR) is 97.3 cm³/mol. The summed E-state index contributed by atoms with van der Waals surface area (Å²) in [5.74, 6) is -1.03. The number of carbonyl (C=O) groups excluding carboxylic acids is 1. The largest absolute Gasteiger partial charge is 0.573 e. The zero-order valence-corrected chi connectivity index (χ0v) is 14.9. The third kappa shape index (κ3) is 5.95. The number of halogens is 4. The molecule has 2 N–H and O–H groups in total. The van der Waals surface area contributed by atoms with Crippen molar-refractivity contribution in [1.82, 2.24) is 4.98 Å². The van der Waals surface area contributed by atoms with Crippen LogP contribution in [0.2, 0.25) is 0 Å². The van der Waals surface area contributed by atoms with Crippen LogP contribution in [0.4, 0.5) is 34.1 Å². The number of amides is 1. The first kappa shape index (κ1) is 19.6. The quantitative estimate of drug-likeness (QED) is 0.554. The Morgan fingerprint density at radius 2 is 1.68 bits per heavy atom. The molecular formula is C18H13F4N3O2S. The van der Waals surface area contributed by atoms with Gasteiger partial charge < -0.3 is 15.4 Å². The predicted octanol–water partition coefficient (Wildman–Crippen LogP) is 5.11. The van der Waals surface area contributed by atoms with Crippen LogP contribution in [0.15, 0.2) is 53.9 Å². The van der Waals surface area contributed by atoms with Crippen molar-refractivity contribution in [2.75, 3.05) is 10.6 Å². The molecule has 0 radical (unpaired) electrons. The smallest absolute Gasteiger partial charge is 0.406 e. The highest BCUT2D eigenvalue weighted by Gasteiger charge is 2.30. The van der Waals surface area contributed by atoms with Gasteiger partial charge in [0.2, 0.25) is 5.91 Å². The van der Waals surface area contributed by atoms with Gasteiger partial charge in [0.25, 0.3) is 0 Å². The molecule has 5 nitrogen and oxygen atoms in total. The molecule has 1 heterocycles. The van der Waals surface area contributed by atoms with E-state index in [1.807, 2.05) is 0 Å². The lowest BCUT2D eigenvalue weighted by atomic mass is 10.3. The van der Waals surface area contributed by atoms with E-state index in [0.29, 0.717) is 22.2 Å². The van der Waals surface area contributed by atoms with Gasteiger partial charge in [0.05, 0.1) is 12.1 Å². The summed E-state index contributed by atoms with van der Waals surface area (Å²) in [5.41, 5.74) is 1.51. The van der Waals surface area contributed by atoms with Crippen molar-refractivity contribution < 1.29 is 27.1 Å².